The Morgan fingerprint density at radius 2 is 2.29 bits per heavy atom. The van der Waals surface area contributed by atoms with E-state index in [4.69, 9.17) is 25.1 Å². The van der Waals surface area contributed by atoms with E-state index in [0.29, 0.717) is 23.7 Å². The van der Waals surface area contributed by atoms with Gasteiger partial charge in [-0.2, -0.15) is 0 Å². The van der Waals surface area contributed by atoms with Gasteiger partial charge >= 0.3 is 0 Å². The number of hydrogen-bond donors (Lipinski definition) is 2. The molecule has 5 heteroatoms. The van der Waals surface area contributed by atoms with E-state index in [9.17, 15) is 0 Å². The van der Waals surface area contributed by atoms with Crippen LogP contribution in [0.15, 0.2) is 12.1 Å². The molecule has 1 aromatic carbocycles. The van der Waals surface area contributed by atoms with Crippen LogP contribution in [-0.2, 0) is 0 Å². The van der Waals surface area contributed by atoms with Crippen molar-refractivity contribution in [2.45, 2.75) is 18.9 Å². The second-order valence-corrected chi connectivity index (χ2v) is 3.93. The van der Waals surface area contributed by atoms with Crippen molar-refractivity contribution in [1.29, 1.82) is 0 Å². The predicted octanol–water partition coefficient (Wildman–Crippen LogP) is 1.20. The molecule has 1 aliphatic rings. The number of benzene rings is 1. The van der Waals surface area contributed by atoms with Crippen molar-refractivity contribution in [3.05, 3.63) is 17.7 Å². The highest BCUT2D eigenvalue weighted by atomic mass is 16.7. The van der Waals surface area contributed by atoms with Crippen LogP contribution in [0.5, 0.6) is 17.2 Å². The Balaban J connectivity index is 2.23. The van der Waals surface area contributed by atoms with Crippen LogP contribution >= 0.6 is 0 Å². The van der Waals surface area contributed by atoms with Crippen molar-refractivity contribution in [3.8, 4) is 17.2 Å². The summed E-state index contributed by atoms with van der Waals surface area (Å²) in [6.45, 7) is 0.358. The minimum atomic E-state index is -0.134. The molecule has 0 amide bonds. The first-order valence-electron chi connectivity index (χ1n) is 5.60. The number of fused-ring (bicyclic) bond motifs is 1. The molecular formula is C12H17NO4. The molecule has 0 saturated heterocycles. The monoisotopic (exact) mass is 239 g/mol. The minimum absolute atomic E-state index is 0.134. The zero-order chi connectivity index (χ0) is 12.3. The largest absolute Gasteiger partial charge is 0.493 e. The smallest absolute Gasteiger partial charge is 0.231 e. The lowest BCUT2D eigenvalue weighted by molar-refractivity contribution is 0.171. The number of aliphatic hydroxyl groups excluding tert-OH is 1. The molecule has 0 aliphatic carbocycles. The SMILES string of the molecule is COc1cc([C@H](N)CCCO)cc2c1OCO2. The fourth-order valence-corrected chi connectivity index (χ4v) is 1.84. The van der Waals surface area contributed by atoms with Gasteiger partial charge in [-0.15, -0.1) is 0 Å². The lowest BCUT2D eigenvalue weighted by Gasteiger charge is -2.14. The summed E-state index contributed by atoms with van der Waals surface area (Å²) in [7, 11) is 1.58. The first-order valence-corrected chi connectivity index (χ1v) is 5.60. The molecule has 1 heterocycles. The molecule has 1 atom stereocenters. The number of nitrogens with two attached hydrogens (primary N) is 1. The third-order valence-electron chi connectivity index (χ3n) is 2.78. The van der Waals surface area contributed by atoms with Crippen LogP contribution in [0, 0.1) is 0 Å². The molecule has 0 bridgehead atoms. The number of rotatable bonds is 5. The first-order chi connectivity index (χ1) is 8.26. The second kappa shape index (κ2) is 5.25. The number of hydrogen-bond acceptors (Lipinski definition) is 5. The molecule has 1 aromatic rings. The lowest BCUT2D eigenvalue weighted by atomic mass is 10.0. The van der Waals surface area contributed by atoms with E-state index in [2.05, 4.69) is 0 Å². The van der Waals surface area contributed by atoms with Gasteiger partial charge in [-0.25, -0.2) is 0 Å². The van der Waals surface area contributed by atoms with E-state index in [0.717, 1.165) is 12.0 Å². The summed E-state index contributed by atoms with van der Waals surface area (Å²) in [5.74, 6) is 1.93. The fraction of sp³-hybridized carbons (Fsp3) is 0.500. The average Bonchev–Trinajstić information content (AvgIpc) is 2.82. The summed E-state index contributed by atoms with van der Waals surface area (Å²) < 4.78 is 15.9. The van der Waals surface area contributed by atoms with Gasteiger partial charge in [-0.1, -0.05) is 0 Å². The van der Waals surface area contributed by atoms with Crippen LogP contribution < -0.4 is 19.9 Å². The number of ether oxygens (including phenoxy) is 3. The van der Waals surface area contributed by atoms with E-state index in [1.54, 1.807) is 7.11 Å². The molecule has 0 radical (unpaired) electrons. The van der Waals surface area contributed by atoms with Crippen molar-refractivity contribution >= 4 is 0 Å². The van der Waals surface area contributed by atoms with Crippen LogP contribution in [0.2, 0.25) is 0 Å². The Kier molecular flexibility index (Phi) is 3.71. The predicted molar refractivity (Wildman–Crippen MR) is 62.4 cm³/mol. The van der Waals surface area contributed by atoms with Crippen LogP contribution in [0.4, 0.5) is 0 Å². The maximum atomic E-state index is 8.79. The Morgan fingerprint density at radius 1 is 1.47 bits per heavy atom. The second-order valence-electron chi connectivity index (χ2n) is 3.93. The summed E-state index contributed by atoms with van der Waals surface area (Å²) in [5.41, 5.74) is 6.97. The molecule has 17 heavy (non-hydrogen) atoms. The molecule has 94 valence electrons. The third-order valence-corrected chi connectivity index (χ3v) is 2.78. The Hall–Kier alpha value is -1.46. The van der Waals surface area contributed by atoms with Crippen molar-refractivity contribution in [1.82, 2.24) is 0 Å². The van der Waals surface area contributed by atoms with Gasteiger partial charge in [0.2, 0.25) is 12.5 Å². The van der Waals surface area contributed by atoms with Crippen molar-refractivity contribution < 1.29 is 19.3 Å². The topological polar surface area (TPSA) is 73.9 Å². The molecule has 0 aromatic heterocycles. The summed E-state index contributed by atoms with van der Waals surface area (Å²) in [6.07, 6.45) is 1.40. The van der Waals surface area contributed by atoms with Gasteiger partial charge in [-0.3, -0.25) is 0 Å². The molecule has 1 aliphatic heterocycles. The van der Waals surface area contributed by atoms with Crippen molar-refractivity contribution in [3.63, 3.8) is 0 Å². The summed E-state index contributed by atoms with van der Waals surface area (Å²) in [5, 5.41) is 8.79. The van der Waals surface area contributed by atoms with E-state index in [-0.39, 0.29) is 19.4 Å². The standard InChI is InChI=1S/C12H17NO4/c1-15-10-5-8(9(13)3-2-4-14)6-11-12(10)17-7-16-11/h5-6,9,14H,2-4,7,13H2,1H3/t9-/m1/s1. The highest BCUT2D eigenvalue weighted by Crippen LogP contribution is 2.43. The molecule has 0 saturated carbocycles. The van der Waals surface area contributed by atoms with Gasteiger partial charge in [0.15, 0.2) is 11.5 Å². The normalized spacial score (nSPS) is 14.8. The van der Waals surface area contributed by atoms with Gasteiger partial charge in [0.25, 0.3) is 0 Å². The Morgan fingerprint density at radius 3 is 3.00 bits per heavy atom. The Labute approximate surface area is 100 Å². The van der Waals surface area contributed by atoms with E-state index >= 15 is 0 Å². The molecule has 0 fully saturated rings. The lowest BCUT2D eigenvalue weighted by Crippen LogP contribution is -2.11. The van der Waals surface area contributed by atoms with Gasteiger partial charge < -0.3 is 25.1 Å². The highest BCUT2D eigenvalue weighted by Gasteiger charge is 2.21. The number of methoxy groups -OCH3 is 1. The van der Waals surface area contributed by atoms with Gasteiger partial charge in [0, 0.05) is 12.6 Å². The summed E-state index contributed by atoms with van der Waals surface area (Å²) in [4.78, 5) is 0. The van der Waals surface area contributed by atoms with Crippen LogP contribution in [0.25, 0.3) is 0 Å². The van der Waals surface area contributed by atoms with Gasteiger partial charge in [0.05, 0.1) is 7.11 Å². The average molecular weight is 239 g/mol. The molecule has 2 rings (SSSR count). The maximum Gasteiger partial charge on any atom is 0.231 e. The van der Waals surface area contributed by atoms with E-state index in [1.807, 2.05) is 12.1 Å². The molecule has 3 N–H and O–H groups in total. The Bertz CT molecular complexity index is 394. The zero-order valence-corrected chi connectivity index (χ0v) is 9.81. The molecule has 5 nitrogen and oxygen atoms in total. The highest BCUT2D eigenvalue weighted by molar-refractivity contribution is 5.55. The summed E-state index contributed by atoms with van der Waals surface area (Å²) in [6, 6.07) is 3.59. The third kappa shape index (κ3) is 2.45. The van der Waals surface area contributed by atoms with Crippen LogP contribution in [0.1, 0.15) is 24.4 Å². The van der Waals surface area contributed by atoms with Gasteiger partial charge in [-0.05, 0) is 30.5 Å². The van der Waals surface area contributed by atoms with Gasteiger partial charge in [0.1, 0.15) is 0 Å². The number of aliphatic hydroxyl groups is 1. The van der Waals surface area contributed by atoms with Crippen molar-refractivity contribution in [2.75, 3.05) is 20.5 Å². The van der Waals surface area contributed by atoms with E-state index < -0.39 is 0 Å². The molecule has 0 spiro atoms. The van der Waals surface area contributed by atoms with Crippen LogP contribution in [0.3, 0.4) is 0 Å². The van der Waals surface area contributed by atoms with E-state index in [1.165, 1.54) is 0 Å². The van der Waals surface area contributed by atoms with Crippen LogP contribution in [-0.4, -0.2) is 25.6 Å². The van der Waals surface area contributed by atoms with Crippen molar-refractivity contribution in [2.24, 2.45) is 5.73 Å². The first kappa shape index (κ1) is 12.0. The quantitative estimate of drug-likeness (QED) is 0.807. The molecular weight excluding hydrogens is 222 g/mol. The fourth-order valence-electron chi connectivity index (χ4n) is 1.84. The minimum Gasteiger partial charge on any atom is -0.493 e. The maximum absolute atomic E-state index is 8.79. The summed E-state index contributed by atoms with van der Waals surface area (Å²) >= 11 is 0. The molecule has 0 unspecified atom stereocenters. The zero-order valence-electron chi connectivity index (χ0n) is 9.81.